The lowest BCUT2D eigenvalue weighted by Gasteiger charge is -2.04. The summed E-state index contributed by atoms with van der Waals surface area (Å²) in [6.07, 6.45) is 1.87. The molecule has 3 heterocycles. The average Bonchev–Trinajstić information content (AvgIpc) is 3.32. The van der Waals surface area contributed by atoms with Crippen LogP contribution in [0.15, 0.2) is 73.6 Å². The van der Waals surface area contributed by atoms with Crippen LogP contribution in [-0.2, 0) is 5.75 Å². The number of aromatic nitrogens is 3. The van der Waals surface area contributed by atoms with Gasteiger partial charge < -0.3 is 13.8 Å². The summed E-state index contributed by atoms with van der Waals surface area (Å²) >= 11 is 1.39. The van der Waals surface area contributed by atoms with Gasteiger partial charge in [-0.25, -0.2) is 4.79 Å². The van der Waals surface area contributed by atoms with E-state index in [-0.39, 0.29) is 5.63 Å². The van der Waals surface area contributed by atoms with Gasteiger partial charge in [-0.15, -0.1) is 10.2 Å². The molecule has 0 bridgehead atoms. The second kappa shape index (κ2) is 6.69. The third-order valence-corrected chi connectivity index (χ3v) is 5.43. The molecule has 1 N–H and O–H groups in total. The fourth-order valence-corrected chi connectivity index (χ4v) is 3.98. The van der Waals surface area contributed by atoms with Crippen LogP contribution in [0, 0.1) is 6.92 Å². The maximum atomic E-state index is 11.9. The van der Waals surface area contributed by atoms with Crippen LogP contribution in [0.4, 0.5) is 0 Å². The van der Waals surface area contributed by atoms with Crippen molar-refractivity contribution < 1.29 is 8.83 Å². The number of rotatable bonds is 4. The van der Waals surface area contributed by atoms with E-state index >= 15 is 0 Å². The van der Waals surface area contributed by atoms with E-state index in [1.54, 1.807) is 0 Å². The van der Waals surface area contributed by atoms with Crippen LogP contribution in [0.25, 0.3) is 33.3 Å². The van der Waals surface area contributed by atoms with E-state index in [1.165, 1.54) is 17.8 Å². The smallest absolute Gasteiger partial charge is 0.336 e. The molecule has 0 saturated carbocycles. The van der Waals surface area contributed by atoms with Crippen LogP contribution in [-0.4, -0.2) is 15.2 Å². The minimum absolute atomic E-state index is 0.362. The first-order valence-corrected chi connectivity index (χ1v) is 9.72. The van der Waals surface area contributed by atoms with Gasteiger partial charge in [0.25, 0.3) is 11.1 Å². The molecule has 28 heavy (non-hydrogen) atoms. The highest BCUT2D eigenvalue weighted by Crippen LogP contribution is 2.31. The first-order valence-electron chi connectivity index (χ1n) is 8.73. The second-order valence-electron chi connectivity index (χ2n) is 6.50. The average molecular weight is 389 g/mol. The second-order valence-corrected chi connectivity index (χ2v) is 7.43. The van der Waals surface area contributed by atoms with Crippen molar-refractivity contribution in [3.8, 4) is 11.5 Å². The Balaban J connectivity index is 1.43. The molecule has 0 saturated heterocycles. The number of aryl methyl sites for hydroxylation is 1. The first-order chi connectivity index (χ1) is 13.7. The van der Waals surface area contributed by atoms with Gasteiger partial charge in [0.2, 0.25) is 0 Å². The molecule has 138 valence electrons. The monoisotopic (exact) mass is 389 g/mol. The van der Waals surface area contributed by atoms with Crippen molar-refractivity contribution in [1.29, 1.82) is 0 Å². The summed E-state index contributed by atoms with van der Waals surface area (Å²) in [6.45, 7) is 1.96. The Morgan fingerprint density at radius 3 is 2.86 bits per heavy atom. The van der Waals surface area contributed by atoms with E-state index in [4.69, 9.17) is 8.83 Å². The minimum atomic E-state index is -0.362. The van der Waals surface area contributed by atoms with E-state index in [0.717, 1.165) is 33.0 Å². The predicted octanol–water partition coefficient (Wildman–Crippen LogP) is 4.93. The van der Waals surface area contributed by atoms with E-state index in [1.807, 2.05) is 55.6 Å². The lowest BCUT2D eigenvalue weighted by atomic mass is 10.1. The molecule has 0 aliphatic heterocycles. The minimum Gasteiger partial charge on any atom is -0.423 e. The highest BCUT2D eigenvalue weighted by Gasteiger charge is 2.14. The number of thioether (sulfide) groups is 1. The van der Waals surface area contributed by atoms with Crippen LogP contribution in [0.5, 0.6) is 0 Å². The summed E-state index contributed by atoms with van der Waals surface area (Å²) in [6, 6.07) is 15.3. The maximum Gasteiger partial charge on any atom is 0.336 e. The molecule has 5 aromatic rings. The van der Waals surface area contributed by atoms with Crippen molar-refractivity contribution in [2.75, 3.05) is 0 Å². The van der Waals surface area contributed by atoms with Gasteiger partial charge in [0.15, 0.2) is 0 Å². The number of hydrogen-bond acceptors (Lipinski definition) is 6. The number of benzene rings is 2. The standard InChI is InChI=1S/C21H15N3O3S/c1-12-6-7-14-13(9-19(25)26-18(14)8-12)11-28-21-24-23-20(27-21)16-10-22-17-5-3-2-4-15(16)17/h2-10,22H,11H2,1H3. The van der Waals surface area contributed by atoms with Crippen LogP contribution in [0.2, 0.25) is 0 Å². The van der Waals surface area contributed by atoms with Crippen molar-refractivity contribution in [2.24, 2.45) is 0 Å². The number of aromatic amines is 1. The Morgan fingerprint density at radius 1 is 1.04 bits per heavy atom. The number of hydrogen-bond donors (Lipinski definition) is 1. The largest absolute Gasteiger partial charge is 0.423 e. The van der Waals surface area contributed by atoms with Crippen molar-refractivity contribution in [2.45, 2.75) is 17.9 Å². The molecule has 0 aliphatic rings. The summed E-state index contributed by atoms with van der Waals surface area (Å²) < 4.78 is 11.1. The SMILES string of the molecule is Cc1ccc2c(CSc3nnc(-c4c[nH]c5ccccc45)o3)cc(=O)oc2c1. The quantitative estimate of drug-likeness (QED) is 0.347. The molecule has 0 fully saturated rings. The Labute approximate surface area is 163 Å². The number of fused-ring (bicyclic) bond motifs is 2. The third kappa shape index (κ3) is 2.99. The van der Waals surface area contributed by atoms with E-state index < -0.39 is 0 Å². The fraction of sp³-hybridized carbons (Fsp3) is 0.0952. The zero-order valence-corrected chi connectivity index (χ0v) is 15.7. The molecule has 0 radical (unpaired) electrons. The normalized spacial score (nSPS) is 11.5. The van der Waals surface area contributed by atoms with E-state index in [9.17, 15) is 4.79 Å². The molecule has 0 atom stereocenters. The molecular formula is C21H15N3O3S. The molecule has 5 rings (SSSR count). The van der Waals surface area contributed by atoms with Gasteiger partial charge in [-0.3, -0.25) is 0 Å². The molecule has 6 nitrogen and oxygen atoms in total. The third-order valence-electron chi connectivity index (χ3n) is 4.56. The Morgan fingerprint density at radius 2 is 1.93 bits per heavy atom. The van der Waals surface area contributed by atoms with Gasteiger partial charge in [0, 0.05) is 34.3 Å². The van der Waals surface area contributed by atoms with Crippen molar-refractivity contribution in [3.63, 3.8) is 0 Å². The predicted molar refractivity (Wildman–Crippen MR) is 108 cm³/mol. The molecule has 0 amide bonds. The lowest BCUT2D eigenvalue weighted by Crippen LogP contribution is -2.00. The number of H-pyrrole nitrogens is 1. The molecular weight excluding hydrogens is 374 g/mol. The summed E-state index contributed by atoms with van der Waals surface area (Å²) in [5.74, 6) is 0.994. The van der Waals surface area contributed by atoms with Gasteiger partial charge in [0.1, 0.15) is 5.58 Å². The summed E-state index contributed by atoms with van der Waals surface area (Å²) in [4.78, 5) is 15.1. The van der Waals surface area contributed by atoms with E-state index in [2.05, 4.69) is 15.2 Å². The van der Waals surface area contributed by atoms with Gasteiger partial charge in [0.05, 0.1) is 5.56 Å². The van der Waals surface area contributed by atoms with Crippen LogP contribution >= 0.6 is 11.8 Å². The summed E-state index contributed by atoms with van der Waals surface area (Å²) in [7, 11) is 0. The van der Waals surface area contributed by atoms with Gasteiger partial charge in [-0.2, -0.15) is 0 Å². The first kappa shape index (κ1) is 16.8. The van der Waals surface area contributed by atoms with Gasteiger partial charge in [-0.1, -0.05) is 42.1 Å². The van der Waals surface area contributed by atoms with Crippen LogP contribution in [0.3, 0.4) is 0 Å². The maximum absolute atomic E-state index is 11.9. The molecule has 0 spiro atoms. The van der Waals surface area contributed by atoms with Crippen LogP contribution < -0.4 is 5.63 Å². The Kier molecular flexibility index (Phi) is 4.02. The van der Waals surface area contributed by atoms with Crippen molar-refractivity contribution in [3.05, 3.63) is 76.3 Å². The van der Waals surface area contributed by atoms with Gasteiger partial charge in [-0.05, 0) is 30.2 Å². The Bertz CT molecular complexity index is 1370. The van der Waals surface area contributed by atoms with Crippen molar-refractivity contribution in [1.82, 2.24) is 15.2 Å². The van der Waals surface area contributed by atoms with Crippen molar-refractivity contribution >= 4 is 33.6 Å². The highest BCUT2D eigenvalue weighted by atomic mass is 32.2. The van der Waals surface area contributed by atoms with E-state index in [0.29, 0.717) is 22.4 Å². The molecule has 0 unspecified atom stereocenters. The molecule has 3 aromatic heterocycles. The Hall–Kier alpha value is -3.32. The lowest BCUT2D eigenvalue weighted by molar-refractivity contribution is 0.466. The molecule has 0 aliphatic carbocycles. The number of nitrogens with one attached hydrogen (secondary N) is 1. The number of nitrogens with zero attached hydrogens (tertiary/aromatic N) is 2. The summed E-state index contributed by atoms with van der Waals surface area (Å²) in [5.41, 5.74) is 4.04. The zero-order chi connectivity index (χ0) is 19.1. The number of para-hydroxylation sites is 1. The van der Waals surface area contributed by atoms with Crippen LogP contribution in [0.1, 0.15) is 11.1 Å². The molecule has 7 heteroatoms. The summed E-state index contributed by atoms with van der Waals surface area (Å²) in [5, 5.41) is 10.7. The van der Waals surface area contributed by atoms with Gasteiger partial charge >= 0.3 is 5.63 Å². The zero-order valence-electron chi connectivity index (χ0n) is 14.9. The molecule has 2 aromatic carbocycles. The highest BCUT2D eigenvalue weighted by molar-refractivity contribution is 7.98. The fourth-order valence-electron chi connectivity index (χ4n) is 3.22. The topological polar surface area (TPSA) is 84.9 Å².